The van der Waals surface area contributed by atoms with E-state index in [9.17, 15) is 9.59 Å². The summed E-state index contributed by atoms with van der Waals surface area (Å²) < 4.78 is 10.9. The van der Waals surface area contributed by atoms with Crippen LogP contribution in [-0.2, 0) is 4.79 Å². The fourth-order valence-corrected chi connectivity index (χ4v) is 3.20. The van der Waals surface area contributed by atoms with E-state index in [4.69, 9.17) is 9.47 Å². The van der Waals surface area contributed by atoms with Gasteiger partial charge >= 0.3 is 0 Å². The van der Waals surface area contributed by atoms with Gasteiger partial charge in [0.15, 0.2) is 6.61 Å². The Morgan fingerprint density at radius 3 is 2.43 bits per heavy atom. The second-order valence-corrected chi connectivity index (χ2v) is 6.91. The van der Waals surface area contributed by atoms with Crippen LogP contribution in [0.1, 0.15) is 35.2 Å². The molecule has 1 aliphatic heterocycles. The number of aryl methyl sites for hydroxylation is 1. The van der Waals surface area contributed by atoms with Crippen molar-refractivity contribution < 1.29 is 19.1 Å². The molecule has 0 atom stereocenters. The summed E-state index contributed by atoms with van der Waals surface area (Å²) in [6, 6.07) is 12.4. The van der Waals surface area contributed by atoms with Crippen molar-refractivity contribution in [2.24, 2.45) is 0 Å². The highest BCUT2D eigenvalue weighted by Crippen LogP contribution is 2.26. The monoisotopic (exact) mass is 382 g/mol. The second-order valence-electron chi connectivity index (χ2n) is 6.91. The number of amides is 2. The fourth-order valence-electron chi connectivity index (χ4n) is 3.20. The number of likely N-dealkylation sites (tertiary alicyclic amines) is 1. The van der Waals surface area contributed by atoms with E-state index in [0.29, 0.717) is 22.7 Å². The van der Waals surface area contributed by atoms with Gasteiger partial charge in [0.05, 0.1) is 12.8 Å². The van der Waals surface area contributed by atoms with Crippen LogP contribution in [0.3, 0.4) is 0 Å². The van der Waals surface area contributed by atoms with E-state index in [1.807, 2.05) is 30.0 Å². The first kappa shape index (κ1) is 19.7. The molecule has 1 saturated heterocycles. The highest BCUT2D eigenvalue weighted by Gasteiger charge is 2.17. The summed E-state index contributed by atoms with van der Waals surface area (Å²) in [5.41, 5.74) is 2.15. The molecule has 0 radical (unpaired) electrons. The smallest absolute Gasteiger partial charge is 0.260 e. The topological polar surface area (TPSA) is 67.9 Å². The minimum Gasteiger partial charge on any atom is -0.495 e. The lowest BCUT2D eigenvalue weighted by Gasteiger charge is -2.26. The predicted molar refractivity (Wildman–Crippen MR) is 108 cm³/mol. The summed E-state index contributed by atoms with van der Waals surface area (Å²) in [5, 5.41) is 2.87. The van der Waals surface area contributed by atoms with E-state index in [2.05, 4.69) is 5.32 Å². The summed E-state index contributed by atoms with van der Waals surface area (Å²) in [7, 11) is 1.57. The van der Waals surface area contributed by atoms with Gasteiger partial charge in [-0.1, -0.05) is 6.07 Å². The fraction of sp³-hybridized carbons (Fsp3) is 0.364. The number of anilines is 1. The summed E-state index contributed by atoms with van der Waals surface area (Å²) in [4.78, 5) is 26.5. The summed E-state index contributed by atoms with van der Waals surface area (Å²) in [6.07, 6.45) is 3.30. The molecule has 0 aliphatic carbocycles. The SMILES string of the molecule is COc1ccc(C)cc1NC(=O)c1ccc(OCC(=O)N2CCCCC2)cc1. The average Bonchev–Trinajstić information content (AvgIpc) is 2.73. The van der Waals surface area contributed by atoms with Crippen molar-refractivity contribution in [1.29, 1.82) is 0 Å². The molecule has 28 heavy (non-hydrogen) atoms. The molecule has 0 unspecified atom stereocenters. The van der Waals surface area contributed by atoms with Gasteiger partial charge in [-0.2, -0.15) is 0 Å². The molecule has 0 bridgehead atoms. The lowest BCUT2D eigenvalue weighted by atomic mass is 10.1. The summed E-state index contributed by atoms with van der Waals surface area (Å²) in [5.74, 6) is 0.943. The molecule has 2 amide bonds. The molecular weight excluding hydrogens is 356 g/mol. The zero-order valence-corrected chi connectivity index (χ0v) is 16.4. The Morgan fingerprint density at radius 1 is 1.04 bits per heavy atom. The molecule has 1 heterocycles. The maximum absolute atomic E-state index is 12.5. The van der Waals surface area contributed by atoms with Crippen LogP contribution < -0.4 is 14.8 Å². The number of nitrogens with zero attached hydrogens (tertiary/aromatic N) is 1. The maximum Gasteiger partial charge on any atom is 0.260 e. The Balaban J connectivity index is 1.57. The third-order valence-electron chi connectivity index (χ3n) is 4.79. The predicted octanol–water partition coefficient (Wildman–Crippen LogP) is 3.65. The highest BCUT2D eigenvalue weighted by molar-refractivity contribution is 6.05. The van der Waals surface area contributed by atoms with E-state index in [1.165, 1.54) is 6.42 Å². The lowest BCUT2D eigenvalue weighted by Crippen LogP contribution is -2.38. The van der Waals surface area contributed by atoms with Gasteiger partial charge < -0.3 is 19.7 Å². The summed E-state index contributed by atoms with van der Waals surface area (Å²) >= 11 is 0. The standard InChI is InChI=1S/C22H26N2O4/c1-16-6-11-20(27-2)19(14-16)23-22(26)17-7-9-18(10-8-17)28-15-21(25)24-12-4-3-5-13-24/h6-11,14H,3-5,12-13,15H2,1-2H3,(H,23,26). The van der Waals surface area contributed by atoms with Gasteiger partial charge in [-0.25, -0.2) is 0 Å². The van der Waals surface area contributed by atoms with E-state index in [-0.39, 0.29) is 18.4 Å². The van der Waals surface area contributed by atoms with Gasteiger partial charge in [0, 0.05) is 18.7 Å². The number of methoxy groups -OCH3 is 1. The number of nitrogens with one attached hydrogen (secondary N) is 1. The van der Waals surface area contributed by atoms with Crippen molar-refractivity contribution in [2.45, 2.75) is 26.2 Å². The average molecular weight is 382 g/mol. The van der Waals surface area contributed by atoms with Gasteiger partial charge in [0.25, 0.3) is 11.8 Å². The van der Waals surface area contributed by atoms with E-state index < -0.39 is 0 Å². The van der Waals surface area contributed by atoms with Crippen LogP contribution in [0.5, 0.6) is 11.5 Å². The van der Waals surface area contributed by atoms with Gasteiger partial charge in [0.1, 0.15) is 11.5 Å². The maximum atomic E-state index is 12.5. The van der Waals surface area contributed by atoms with Crippen LogP contribution in [0.15, 0.2) is 42.5 Å². The van der Waals surface area contributed by atoms with Crippen LogP contribution in [0.2, 0.25) is 0 Å². The zero-order chi connectivity index (χ0) is 19.9. The third kappa shape index (κ3) is 5.03. The van der Waals surface area contributed by atoms with Crippen molar-refractivity contribution in [2.75, 3.05) is 32.1 Å². The van der Waals surface area contributed by atoms with Crippen molar-refractivity contribution in [3.63, 3.8) is 0 Å². The minimum atomic E-state index is -0.236. The van der Waals surface area contributed by atoms with E-state index in [1.54, 1.807) is 31.4 Å². The molecule has 1 aliphatic rings. The number of rotatable bonds is 6. The Kier molecular flexibility index (Phi) is 6.53. The van der Waals surface area contributed by atoms with Crippen molar-refractivity contribution >= 4 is 17.5 Å². The lowest BCUT2D eigenvalue weighted by molar-refractivity contribution is -0.134. The van der Waals surface area contributed by atoms with Crippen LogP contribution in [0.4, 0.5) is 5.69 Å². The van der Waals surface area contributed by atoms with Crippen molar-refractivity contribution in [1.82, 2.24) is 4.90 Å². The Morgan fingerprint density at radius 2 is 1.75 bits per heavy atom. The molecule has 148 valence electrons. The zero-order valence-electron chi connectivity index (χ0n) is 16.4. The normalized spacial score (nSPS) is 13.7. The molecule has 0 saturated carbocycles. The molecule has 2 aromatic carbocycles. The first-order chi connectivity index (χ1) is 13.6. The van der Waals surface area contributed by atoms with E-state index in [0.717, 1.165) is 31.5 Å². The molecule has 1 fully saturated rings. The molecule has 6 nitrogen and oxygen atoms in total. The molecule has 2 aromatic rings. The van der Waals surface area contributed by atoms with Crippen molar-refractivity contribution in [3.8, 4) is 11.5 Å². The Labute approximate surface area is 165 Å². The first-order valence-electron chi connectivity index (χ1n) is 9.53. The number of piperidine rings is 1. The van der Waals surface area contributed by atoms with Crippen LogP contribution in [0, 0.1) is 6.92 Å². The van der Waals surface area contributed by atoms with Gasteiger partial charge in [-0.3, -0.25) is 9.59 Å². The van der Waals surface area contributed by atoms with Crippen molar-refractivity contribution in [3.05, 3.63) is 53.6 Å². The molecule has 6 heteroatoms. The van der Waals surface area contributed by atoms with Crippen LogP contribution in [0.25, 0.3) is 0 Å². The minimum absolute atomic E-state index is 0.00746. The number of benzene rings is 2. The van der Waals surface area contributed by atoms with Gasteiger partial charge in [-0.15, -0.1) is 0 Å². The number of carbonyl (C=O) groups excluding carboxylic acids is 2. The van der Waals surface area contributed by atoms with Gasteiger partial charge in [-0.05, 0) is 68.1 Å². The molecule has 3 rings (SSSR count). The molecule has 0 aromatic heterocycles. The number of ether oxygens (including phenoxy) is 2. The first-order valence-corrected chi connectivity index (χ1v) is 9.53. The molecule has 0 spiro atoms. The molecule has 1 N–H and O–H groups in total. The second kappa shape index (κ2) is 9.26. The number of carbonyl (C=O) groups is 2. The van der Waals surface area contributed by atoms with Crippen LogP contribution in [-0.4, -0.2) is 43.5 Å². The number of hydrogen-bond acceptors (Lipinski definition) is 4. The Bertz CT molecular complexity index is 827. The third-order valence-corrected chi connectivity index (χ3v) is 4.79. The summed E-state index contributed by atoms with van der Waals surface area (Å²) in [6.45, 7) is 3.59. The molecular formula is C22H26N2O4. The quantitative estimate of drug-likeness (QED) is 0.828. The highest BCUT2D eigenvalue weighted by atomic mass is 16.5. The largest absolute Gasteiger partial charge is 0.495 e. The van der Waals surface area contributed by atoms with Crippen LogP contribution >= 0.6 is 0 Å². The van der Waals surface area contributed by atoms with E-state index >= 15 is 0 Å². The number of hydrogen-bond donors (Lipinski definition) is 1. The van der Waals surface area contributed by atoms with Gasteiger partial charge in [0.2, 0.25) is 0 Å². The Hall–Kier alpha value is -3.02.